The number of thiophene rings is 1. The third kappa shape index (κ3) is 2.35. The third-order valence-electron chi connectivity index (χ3n) is 5.17. The monoisotopic (exact) mass is 376 g/mol. The summed E-state index contributed by atoms with van der Waals surface area (Å²) >= 11 is 1.41. The highest BCUT2D eigenvalue weighted by Crippen LogP contribution is 2.36. The summed E-state index contributed by atoms with van der Waals surface area (Å²) in [7, 11) is 0. The zero-order chi connectivity index (χ0) is 18.0. The molecule has 1 aliphatic heterocycles. The zero-order valence-electron chi connectivity index (χ0n) is 14.4. The molecule has 2 aliphatic rings. The van der Waals surface area contributed by atoms with Gasteiger partial charge in [0.05, 0.1) is 23.2 Å². The van der Waals surface area contributed by atoms with Crippen LogP contribution in [0.2, 0.25) is 0 Å². The summed E-state index contributed by atoms with van der Waals surface area (Å²) < 4.78 is 7.82. The highest BCUT2D eigenvalue weighted by atomic mass is 32.1. The second kappa shape index (κ2) is 5.53. The Morgan fingerprint density at radius 3 is 3.04 bits per heavy atom. The Labute approximate surface area is 158 Å². The molecule has 27 heavy (non-hydrogen) atoms. The van der Waals surface area contributed by atoms with Gasteiger partial charge in [-0.15, -0.1) is 11.3 Å². The molecule has 0 atom stereocenters. The number of aromatic nitrogens is 3. The lowest BCUT2D eigenvalue weighted by atomic mass is 10.1. The van der Waals surface area contributed by atoms with E-state index in [4.69, 9.17) is 4.74 Å². The van der Waals surface area contributed by atoms with Crippen LogP contribution in [0.15, 0.2) is 41.6 Å². The minimum absolute atomic E-state index is 0.0563. The Hall–Kier alpha value is -2.93. The van der Waals surface area contributed by atoms with Crippen molar-refractivity contribution in [2.24, 2.45) is 0 Å². The Morgan fingerprint density at radius 2 is 2.15 bits per heavy atom. The third-order valence-corrected chi connectivity index (χ3v) is 6.25. The first-order chi connectivity index (χ1) is 13.3. The summed E-state index contributed by atoms with van der Waals surface area (Å²) in [6, 6.07) is 8.35. The van der Waals surface area contributed by atoms with Gasteiger partial charge in [0.25, 0.3) is 5.56 Å². The zero-order valence-corrected chi connectivity index (χ0v) is 15.3. The van der Waals surface area contributed by atoms with Crippen LogP contribution >= 0.6 is 11.3 Å². The Bertz CT molecular complexity index is 1270. The van der Waals surface area contributed by atoms with Gasteiger partial charge in [0.15, 0.2) is 0 Å². The van der Waals surface area contributed by atoms with E-state index in [1.54, 1.807) is 17.1 Å². The molecule has 0 amide bonds. The number of nitrogens with zero attached hydrogens (tertiary/aromatic N) is 3. The molecule has 6 nitrogen and oxygen atoms in total. The number of ether oxygens (including phenoxy) is 1. The Kier molecular flexibility index (Phi) is 3.11. The smallest absolute Gasteiger partial charge is 0.275 e. The molecule has 1 aromatic carbocycles. The molecule has 0 unspecified atom stereocenters. The molecule has 1 N–H and O–H groups in total. The maximum Gasteiger partial charge on any atom is 0.275 e. The van der Waals surface area contributed by atoms with E-state index >= 15 is 0 Å². The van der Waals surface area contributed by atoms with Crippen LogP contribution in [0, 0.1) is 0 Å². The van der Waals surface area contributed by atoms with Gasteiger partial charge < -0.3 is 10.1 Å². The number of hydrogen-bond donors (Lipinski definition) is 1. The molecule has 4 heterocycles. The fraction of sp³-hybridized carbons (Fsp3) is 0.250. The van der Waals surface area contributed by atoms with Crippen molar-refractivity contribution in [1.29, 1.82) is 0 Å². The number of anilines is 1. The van der Waals surface area contributed by atoms with E-state index in [9.17, 15) is 4.79 Å². The summed E-state index contributed by atoms with van der Waals surface area (Å²) in [5.41, 5.74) is 3.65. The highest BCUT2D eigenvalue weighted by Gasteiger charge is 2.23. The summed E-state index contributed by atoms with van der Waals surface area (Å²) in [6.45, 7) is 0.698. The molecule has 0 saturated heterocycles. The first-order valence-corrected chi connectivity index (χ1v) is 9.91. The summed E-state index contributed by atoms with van der Waals surface area (Å²) in [4.78, 5) is 23.2. The maximum absolute atomic E-state index is 13.2. The lowest BCUT2D eigenvalue weighted by Crippen LogP contribution is -2.17. The first kappa shape index (κ1) is 15.2. The van der Waals surface area contributed by atoms with Gasteiger partial charge in [0, 0.05) is 24.3 Å². The molecular weight excluding hydrogens is 360 g/mol. The van der Waals surface area contributed by atoms with E-state index in [-0.39, 0.29) is 5.56 Å². The van der Waals surface area contributed by atoms with Crippen LogP contribution < -0.4 is 15.6 Å². The Balaban J connectivity index is 1.55. The van der Waals surface area contributed by atoms with Crippen molar-refractivity contribution in [3.8, 4) is 11.4 Å². The van der Waals surface area contributed by atoms with Gasteiger partial charge in [-0.05, 0) is 42.7 Å². The lowest BCUT2D eigenvalue weighted by molar-refractivity contribution is 0.357. The van der Waals surface area contributed by atoms with Crippen molar-refractivity contribution in [1.82, 2.24) is 14.5 Å². The number of fused-ring (bicyclic) bond motifs is 4. The maximum atomic E-state index is 13.2. The highest BCUT2D eigenvalue weighted by molar-refractivity contribution is 7.25. The minimum atomic E-state index is -0.0563. The van der Waals surface area contributed by atoms with Crippen molar-refractivity contribution >= 4 is 37.5 Å². The van der Waals surface area contributed by atoms with Crippen LogP contribution in [-0.2, 0) is 6.42 Å². The fourth-order valence-electron chi connectivity index (χ4n) is 3.63. The van der Waals surface area contributed by atoms with Crippen molar-refractivity contribution < 1.29 is 4.74 Å². The first-order valence-electron chi connectivity index (χ1n) is 9.09. The van der Waals surface area contributed by atoms with E-state index in [2.05, 4.69) is 15.3 Å². The van der Waals surface area contributed by atoms with Crippen molar-refractivity contribution in [3.63, 3.8) is 0 Å². The molecule has 1 saturated carbocycles. The molecule has 0 radical (unpaired) electrons. The summed E-state index contributed by atoms with van der Waals surface area (Å²) in [5, 5.41) is 4.49. The molecule has 1 fully saturated rings. The molecular formula is C20H16N4O2S. The number of benzene rings is 1. The summed E-state index contributed by atoms with van der Waals surface area (Å²) in [6.07, 6.45) is 6.67. The number of rotatable bonds is 3. The van der Waals surface area contributed by atoms with Gasteiger partial charge in [-0.1, -0.05) is 0 Å². The molecule has 3 aromatic heterocycles. The van der Waals surface area contributed by atoms with E-state index in [1.807, 2.05) is 24.3 Å². The minimum Gasteiger partial charge on any atom is -0.493 e. The predicted molar refractivity (Wildman–Crippen MR) is 106 cm³/mol. The Morgan fingerprint density at radius 1 is 1.22 bits per heavy atom. The van der Waals surface area contributed by atoms with Crippen LogP contribution in [-0.4, -0.2) is 27.2 Å². The van der Waals surface area contributed by atoms with Gasteiger partial charge in [-0.25, -0.2) is 9.97 Å². The second-order valence-electron chi connectivity index (χ2n) is 7.05. The van der Waals surface area contributed by atoms with Gasteiger partial charge >= 0.3 is 0 Å². The number of hydrogen-bond acceptors (Lipinski definition) is 6. The van der Waals surface area contributed by atoms with Gasteiger partial charge in [-0.3, -0.25) is 9.36 Å². The normalized spacial score (nSPS) is 15.9. The van der Waals surface area contributed by atoms with Crippen LogP contribution in [0.1, 0.15) is 18.4 Å². The quantitative estimate of drug-likeness (QED) is 0.593. The largest absolute Gasteiger partial charge is 0.493 e. The van der Waals surface area contributed by atoms with Gasteiger partial charge in [0.2, 0.25) is 0 Å². The molecule has 134 valence electrons. The van der Waals surface area contributed by atoms with Gasteiger partial charge in [-0.2, -0.15) is 0 Å². The fourth-order valence-corrected chi connectivity index (χ4v) is 4.68. The number of nitrogens with one attached hydrogen (secondary N) is 1. The SMILES string of the molecule is O=c1c2sc3nccc(NC4CC4)c3c2ncn1-c1ccc2c(c1)CCO2. The summed E-state index contributed by atoms with van der Waals surface area (Å²) in [5.74, 6) is 0.905. The van der Waals surface area contributed by atoms with E-state index < -0.39 is 0 Å². The van der Waals surface area contributed by atoms with Gasteiger partial charge in [0.1, 0.15) is 21.6 Å². The molecule has 7 heteroatoms. The molecule has 6 rings (SSSR count). The predicted octanol–water partition coefficient (Wildman–Crippen LogP) is 3.50. The topological polar surface area (TPSA) is 69.0 Å². The van der Waals surface area contributed by atoms with Crippen molar-refractivity contribution in [2.75, 3.05) is 11.9 Å². The molecule has 1 aliphatic carbocycles. The van der Waals surface area contributed by atoms with E-state index in [0.29, 0.717) is 17.3 Å². The lowest BCUT2D eigenvalue weighted by Gasteiger charge is -2.08. The molecule has 0 bridgehead atoms. The number of pyridine rings is 1. The van der Waals surface area contributed by atoms with Crippen LogP contribution in [0.4, 0.5) is 5.69 Å². The van der Waals surface area contributed by atoms with E-state index in [0.717, 1.165) is 44.8 Å². The average molecular weight is 376 g/mol. The average Bonchev–Trinajstić information content (AvgIpc) is 3.23. The second-order valence-corrected chi connectivity index (χ2v) is 8.05. The van der Waals surface area contributed by atoms with Crippen LogP contribution in [0.3, 0.4) is 0 Å². The standard InChI is InChI=1S/C20H16N4O2S/c25-20-18-17(16-14(23-12-1-2-12)5-7-21-19(16)27-18)22-10-24(20)13-3-4-15-11(9-13)6-8-26-15/h3-5,7,9-10,12H,1-2,6,8H2,(H,21,23). The molecule has 0 spiro atoms. The van der Waals surface area contributed by atoms with Crippen LogP contribution in [0.25, 0.3) is 26.1 Å². The van der Waals surface area contributed by atoms with Crippen molar-refractivity contribution in [3.05, 3.63) is 52.7 Å². The molecule has 4 aromatic rings. The van der Waals surface area contributed by atoms with Crippen molar-refractivity contribution in [2.45, 2.75) is 25.3 Å². The van der Waals surface area contributed by atoms with E-state index in [1.165, 1.54) is 24.2 Å². The van der Waals surface area contributed by atoms with Crippen LogP contribution in [0.5, 0.6) is 5.75 Å².